The SMILES string of the molecule is Cc1ccc(Cc2nc3c(s2)C(N)CCC3)cc1. The lowest BCUT2D eigenvalue weighted by Crippen LogP contribution is -2.15. The number of fused-ring (bicyclic) bond motifs is 1. The maximum Gasteiger partial charge on any atom is 0.0975 e. The Balaban J connectivity index is 1.83. The molecule has 1 aliphatic carbocycles. The van der Waals surface area contributed by atoms with Crippen molar-refractivity contribution in [2.45, 2.75) is 38.6 Å². The normalized spacial score (nSPS) is 18.7. The van der Waals surface area contributed by atoms with E-state index < -0.39 is 0 Å². The van der Waals surface area contributed by atoms with E-state index in [2.05, 4.69) is 31.2 Å². The highest BCUT2D eigenvalue weighted by Crippen LogP contribution is 2.33. The highest BCUT2D eigenvalue weighted by Gasteiger charge is 2.21. The Morgan fingerprint density at radius 2 is 2.11 bits per heavy atom. The number of aromatic nitrogens is 1. The third kappa shape index (κ3) is 2.33. The standard InChI is InChI=1S/C15H18N2S/c1-10-5-7-11(8-6-10)9-14-17-13-4-2-3-12(16)15(13)18-14/h5-8,12H,2-4,9,16H2,1H3. The van der Waals surface area contributed by atoms with Crippen molar-refractivity contribution in [2.24, 2.45) is 5.73 Å². The first kappa shape index (κ1) is 11.9. The van der Waals surface area contributed by atoms with E-state index in [0.29, 0.717) is 0 Å². The molecule has 0 bridgehead atoms. The fourth-order valence-corrected chi connectivity index (χ4v) is 3.64. The summed E-state index contributed by atoms with van der Waals surface area (Å²) < 4.78 is 0. The van der Waals surface area contributed by atoms with E-state index in [1.807, 2.05) is 0 Å². The zero-order valence-electron chi connectivity index (χ0n) is 10.6. The molecule has 94 valence electrons. The Hall–Kier alpha value is -1.19. The van der Waals surface area contributed by atoms with Gasteiger partial charge in [0.15, 0.2) is 0 Å². The van der Waals surface area contributed by atoms with Crippen molar-refractivity contribution in [3.8, 4) is 0 Å². The summed E-state index contributed by atoms with van der Waals surface area (Å²) >= 11 is 1.81. The van der Waals surface area contributed by atoms with Crippen LogP contribution >= 0.6 is 11.3 Å². The van der Waals surface area contributed by atoms with Crippen molar-refractivity contribution in [3.63, 3.8) is 0 Å². The molecule has 1 aromatic carbocycles. The predicted octanol–water partition coefficient (Wildman–Crippen LogP) is 3.38. The van der Waals surface area contributed by atoms with Gasteiger partial charge < -0.3 is 5.73 Å². The lowest BCUT2D eigenvalue weighted by atomic mass is 9.99. The van der Waals surface area contributed by atoms with E-state index in [0.717, 1.165) is 19.3 Å². The number of nitrogens with zero attached hydrogens (tertiary/aromatic N) is 1. The minimum atomic E-state index is 0.220. The highest BCUT2D eigenvalue weighted by molar-refractivity contribution is 7.11. The number of thiazole rings is 1. The fraction of sp³-hybridized carbons (Fsp3) is 0.400. The molecule has 1 aliphatic rings. The zero-order chi connectivity index (χ0) is 12.5. The second-order valence-corrected chi connectivity index (χ2v) is 6.19. The number of hydrogen-bond donors (Lipinski definition) is 1. The van der Waals surface area contributed by atoms with Crippen LogP contribution in [0.3, 0.4) is 0 Å². The average molecular weight is 258 g/mol. The molecule has 2 nitrogen and oxygen atoms in total. The summed E-state index contributed by atoms with van der Waals surface area (Å²) in [6.45, 7) is 2.12. The molecular formula is C15H18N2S. The van der Waals surface area contributed by atoms with Gasteiger partial charge in [0.05, 0.1) is 10.7 Å². The molecule has 2 N–H and O–H groups in total. The van der Waals surface area contributed by atoms with Crippen molar-refractivity contribution < 1.29 is 0 Å². The first-order chi connectivity index (χ1) is 8.72. The van der Waals surface area contributed by atoms with Crippen LogP contribution in [0, 0.1) is 6.92 Å². The monoisotopic (exact) mass is 258 g/mol. The Morgan fingerprint density at radius 1 is 1.33 bits per heavy atom. The van der Waals surface area contributed by atoms with Gasteiger partial charge in [0.25, 0.3) is 0 Å². The van der Waals surface area contributed by atoms with Gasteiger partial charge in [0.2, 0.25) is 0 Å². The van der Waals surface area contributed by atoms with E-state index in [9.17, 15) is 0 Å². The summed E-state index contributed by atoms with van der Waals surface area (Å²) in [5.41, 5.74) is 10.0. The number of rotatable bonds is 2. The molecule has 1 heterocycles. The number of nitrogens with two attached hydrogens (primary N) is 1. The average Bonchev–Trinajstić information content (AvgIpc) is 2.76. The molecule has 2 aromatic rings. The van der Waals surface area contributed by atoms with Gasteiger partial charge in [-0.2, -0.15) is 0 Å². The molecule has 1 aromatic heterocycles. The molecular weight excluding hydrogens is 240 g/mol. The van der Waals surface area contributed by atoms with Crippen LogP contribution < -0.4 is 5.73 Å². The lowest BCUT2D eigenvalue weighted by molar-refractivity contribution is 0.573. The van der Waals surface area contributed by atoms with Gasteiger partial charge in [0.1, 0.15) is 0 Å². The quantitative estimate of drug-likeness (QED) is 0.897. The van der Waals surface area contributed by atoms with Crippen molar-refractivity contribution in [1.29, 1.82) is 0 Å². The first-order valence-corrected chi connectivity index (χ1v) is 7.33. The van der Waals surface area contributed by atoms with Crippen LogP contribution in [-0.4, -0.2) is 4.98 Å². The van der Waals surface area contributed by atoms with Gasteiger partial charge in [0, 0.05) is 17.3 Å². The van der Waals surface area contributed by atoms with Crippen molar-refractivity contribution in [2.75, 3.05) is 0 Å². The Kier molecular flexibility index (Phi) is 3.18. The second kappa shape index (κ2) is 4.82. The maximum atomic E-state index is 6.14. The van der Waals surface area contributed by atoms with E-state index in [4.69, 9.17) is 10.7 Å². The molecule has 1 atom stereocenters. The van der Waals surface area contributed by atoms with E-state index >= 15 is 0 Å². The summed E-state index contributed by atoms with van der Waals surface area (Å²) in [5.74, 6) is 0. The van der Waals surface area contributed by atoms with Gasteiger partial charge in [-0.1, -0.05) is 29.8 Å². The Bertz CT molecular complexity index is 542. The van der Waals surface area contributed by atoms with Crippen molar-refractivity contribution >= 4 is 11.3 Å². The van der Waals surface area contributed by atoms with Crippen LogP contribution in [0.4, 0.5) is 0 Å². The Morgan fingerprint density at radius 3 is 2.83 bits per heavy atom. The van der Waals surface area contributed by atoms with Crippen LogP contribution in [0.2, 0.25) is 0 Å². The smallest absolute Gasteiger partial charge is 0.0975 e. The third-order valence-electron chi connectivity index (χ3n) is 3.51. The van der Waals surface area contributed by atoms with E-state index in [1.165, 1.54) is 33.1 Å². The van der Waals surface area contributed by atoms with E-state index in [1.54, 1.807) is 11.3 Å². The van der Waals surface area contributed by atoms with Gasteiger partial charge >= 0.3 is 0 Å². The third-order valence-corrected chi connectivity index (χ3v) is 4.74. The number of hydrogen-bond acceptors (Lipinski definition) is 3. The van der Waals surface area contributed by atoms with Crippen molar-refractivity contribution in [1.82, 2.24) is 4.98 Å². The summed E-state index contributed by atoms with van der Waals surface area (Å²) in [6.07, 6.45) is 4.33. The van der Waals surface area contributed by atoms with Crippen LogP contribution in [0.25, 0.3) is 0 Å². The highest BCUT2D eigenvalue weighted by atomic mass is 32.1. The fourth-order valence-electron chi connectivity index (χ4n) is 2.46. The van der Waals surface area contributed by atoms with Gasteiger partial charge in [-0.15, -0.1) is 11.3 Å². The molecule has 0 radical (unpaired) electrons. The van der Waals surface area contributed by atoms with Crippen molar-refractivity contribution in [3.05, 3.63) is 51.0 Å². The van der Waals surface area contributed by atoms with Crippen LogP contribution in [0.1, 0.15) is 45.6 Å². The summed E-state index contributed by atoms with van der Waals surface area (Å²) in [4.78, 5) is 6.08. The number of benzene rings is 1. The lowest BCUT2D eigenvalue weighted by Gasteiger charge is -2.15. The van der Waals surface area contributed by atoms with Crippen LogP contribution in [0.5, 0.6) is 0 Å². The summed E-state index contributed by atoms with van der Waals surface area (Å²) in [7, 11) is 0. The maximum absolute atomic E-state index is 6.14. The molecule has 0 saturated heterocycles. The molecule has 0 spiro atoms. The van der Waals surface area contributed by atoms with Crippen LogP contribution in [0.15, 0.2) is 24.3 Å². The van der Waals surface area contributed by atoms with Crippen LogP contribution in [-0.2, 0) is 12.8 Å². The minimum absolute atomic E-state index is 0.220. The number of aryl methyl sites for hydroxylation is 2. The molecule has 3 rings (SSSR count). The molecule has 0 saturated carbocycles. The first-order valence-electron chi connectivity index (χ1n) is 6.52. The van der Waals surface area contributed by atoms with Gasteiger partial charge in [-0.05, 0) is 31.7 Å². The topological polar surface area (TPSA) is 38.9 Å². The predicted molar refractivity (Wildman–Crippen MR) is 76.0 cm³/mol. The zero-order valence-corrected chi connectivity index (χ0v) is 11.5. The minimum Gasteiger partial charge on any atom is -0.323 e. The molecule has 18 heavy (non-hydrogen) atoms. The van der Waals surface area contributed by atoms with Gasteiger partial charge in [-0.3, -0.25) is 0 Å². The molecule has 1 unspecified atom stereocenters. The molecule has 0 aliphatic heterocycles. The van der Waals surface area contributed by atoms with E-state index in [-0.39, 0.29) is 6.04 Å². The largest absolute Gasteiger partial charge is 0.323 e. The summed E-state index contributed by atoms with van der Waals surface area (Å²) in [5, 5.41) is 1.21. The second-order valence-electron chi connectivity index (χ2n) is 5.08. The Labute approximate surface area is 112 Å². The molecule has 3 heteroatoms. The molecule has 0 amide bonds. The summed E-state index contributed by atoms with van der Waals surface area (Å²) in [6, 6.07) is 8.92. The van der Waals surface area contributed by atoms with Gasteiger partial charge in [-0.25, -0.2) is 4.98 Å². The molecule has 0 fully saturated rings.